The average molecular weight is 434 g/mol. The maximum Gasteiger partial charge on any atom is 0.0677 e. The molecular weight excluding hydrogens is 406 g/mol. The highest BCUT2D eigenvalue weighted by molar-refractivity contribution is 6.31. The van der Waals surface area contributed by atoms with Gasteiger partial charge in [0.05, 0.1) is 23.6 Å². The van der Waals surface area contributed by atoms with Crippen LogP contribution in [0.3, 0.4) is 0 Å². The van der Waals surface area contributed by atoms with Crippen LogP contribution < -0.4 is 5.32 Å². The second kappa shape index (κ2) is 9.08. The summed E-state index contributed by atoms with van der Waals surface area (Å²) in [5.74, 6) is 0. The lowest BCUT2D eigenvalue weighted by atomic mass is 10.1. The molecule has 31 heavy (non-hydrogen) atoms. The number of halogens is 1. The smallest absolute Gasteiger partial charge is 0.0677 e. The van der Waals surface area contributed by atoms with E-state index in [1.807, 2.05) is 51.8 Å². The molecule has 4 rings (SSSR count). The number of benzene rings is 2. The van der Waals surface area contributed by atoms with E-state index in [2.05, 4.69) is 45.1 Å². The van der Waals surface area contributed by atoms with E-state index in [9.17, 15) is 0 Å². The zero-order chi connectivity index (χ0) is 22.0. The number of rotatable bonds is 7. The molecule has 0 unspecified atom stereocenters. The van der Waals surface area contributed by atoms with E-state index in [1.54, 1.807) is 0 Å². The van der Waals surface area contributed by atoms with Crippen molar-refractivity contribution in [3.05, 3.63) is 99.1 Å². The van der Waals surface area contributed by atoms with E-state index >= 15 is 0 Å². The molecular formula is C25H28ClN5. The Kier molecular flexibility index (Phi) is 6.25. The predicted molar refractivity (Wildman–Crippen MR) is 126 cm³/mol. The second-order valence-corrected chi connectivity index (χ2v) is 8.31. The molecule has 0 saturated heterocycles. The first-order valence-electron chi connectivity index (χ1n) is 10.5. The van der Waals surface area contributed by atoms with Crippen LogP contribution in [0.5, 0.6) is 0 Å². The first-order valence-corrected chi connectivity index (χ1v) is 10.9. The van der Waals surface area contributed by atoms with Gasteiger partial charge in [-0.2, -0.15) is 10.2 Å². The Bertz CT molecular complexity index is 1190. The van der Waals surface area contributed by atoms with Crippen LogP contribution in [0, 0.1) is 27.7 Å². The molecule has 0 atom stereocenters. The van der Waals surface area contributed by atoms with Crippen molar-refractivity contribution in [2.45, 2.75) is 47.3 Å². The van der Waals surface area contributed by atoms with Crippen molar-refractivity contribution in [3.63, 3.8) is 0 Å². The summed E-state index contributed by atoms with van der Waals surface area (Å²) in [6, 6.07) is 18.2. The molecule has 0 aliphatic rings. The standard InChI is InChI=1S/C25H28ClN5/c1-17-23(19(3)30(28-17)16-21-10-8-9-13-25(21)26)14-27-15-24-18(2)29-31(20(24)4)22-11-6-5-7-12-22/h5-13,27H,14-16H2,1-4H3. The molecule has 160 valence electrons. The molecule has 0 bridgehead atoms. The Morgan fingerprint density at radius 1 is 0.774 bits per heavy atom. The molecule has 0 saturated carbocycles. The molecule has 0 aliphatic carbocycles. The van der Waals surface area contributed by atoms with Crippen LogP contribution in [-0.4, -0.2) is 19.6 Å². The highest BCUT2D eigenvalue weighted by Gasteiger charge is 2.15. The van der Waals surface area contributed by atoms with Crippen LogP contribution in [0.25, 0.3) is 5.69 Å². The quantitative estimate of drug-likeness (QED) is 0.430. The molecule has 0 amide bonds. The maximum absolute atomic E-state index is 6.34. The third-order valence-corrected chi connectivity index (χ3v) is 6.22. The summed E-state index contributed by atoms with van der Waals surface area (Å²) in [5.41, 5.74) is 9.07. The summed E-state index contributed by atoms with van der Waals surface area (Å²) < 4.78 is 4.06. The van der Waals surface area contributed by atoms with Crippen molar-refractivity contribution in [3.8, 4) is 5.69 Å². The molecule has 0 radical (unpaired) electrons. The molecule has 2 aromatic heterocycles. The summed E-state index contributed by atoms with van der Waals surface area (Å²) >= 11 is 6.34. The third-order valence-electron chi connectivity index (χ3n) is 5.85. The molecule has 0 spiro atoms. The van der Waals surface area contributed by atoms with Gasteiger partial charge in [-0.1, -0.05) is 48.0 Å². The second-order valence-electron chi connectivity index (χ2n) is 7.90. The number of nitrogens with one attached hydrogen (secondary N) is 1. The van der Waals surface area contributed by atoms with Gasteiger partial charge in [0.25, 0.3) is 0 Å². The molecule has 2 heterocycles. The third kappa shape index (κ3) is 4.43. The minimum atomic E-state index is 0.675. The molecule has 0 aliphatic heterocycles. The number of nitrogens with zero attached hydrogens (tertiary/aromatic N) is 4. The van der Waals surface area contributed by atoms with Crippen LogP contribution in [-0.2, 0) is 19.6 Å². The van der Waals surface area contributed by atoms with Gasteiger partial charge < -0.3 is 5.32 Å². The fourth-order valence-electron chi connectivity index (χ4n) is 4.00. The molecule has 4 aromatic rings. The van der Waals surface area contributed by atoms with Gasteiger partial charge in [-0.3, -0.25) is 4.68 Å². The van der Waals surface area contributed by atoms with Crippen molar-refractivity contribution >= 4 is 11.6 Å². The minimum absolute atomic E-state index is 0.675. The van der Waals surface area contributed by atoms with Gasteiger partial charge in [-0.15, -0.1) is 0 Å². The Labute approximate surface area is 188 Å². The number of hydrogen-bond donors (Lipinski definition) is 1. The van der Waals surface area contributed by atoms with Crippen molar-refractivity contribution in [2.24, 2.45) is 0 Å². The van der Waals surface area contributed by atoms with Gasteiger partial charge in [-0.25, -0.2) is 4.68 Å². The fraction of sp³-hybridized carbons (Fsp3) is 0.280. The Hall–Kier alpha value is -2.89. The van der Waals surface area contributed by atoms with E-state index in [4.69, 9.17) is 21.8 Å². The van der Waals surface area contributed by atoms with Crippen molar-refractivity contribution in [2.75, 3.05) is 0 Å². The Morgan fingerprint density at radius 2 is 1.39 bits per heavy atom. The molecule has 0 fully saturated rings. The summed E-state index contributed by atoms with van der Waals surface area (Å²) in [5, 5.41) is 13.9. The maximum atomic E-state index is 6.34. The number of para-hydroxylation sites is 1. The summed E-state index contributed by atoms with van der Waals surface area (Å²) in [7, 11) is 0. The van der Waals surface area contributed by atoms with Crippen molar-refractivity contribution < 1.29 is 0 Å². The van der Waals surface area contributed by atoms with E-state index in [0.29, 0.717) is 6.54 Å². The highest BCUT2D eigenvalue weighted by atomic mass is 35.5. The largest absolute Gasteiger partial charge is 0.308 e. The van der Waals surface area contributed by atoms with Crippen LogP contribution in [0.1, 0.15) is 39.5 Å². The monoisotopic (exact) mass is 433 g/mol. The average Bonchev–Trinajstić information content (AvgIpc) is 3.20. The zero-order valence-corrected chi connectivity index (χ0v) is 19.2. The SMILES string of the molecule is Cc1nn(Cc2ccccc2Cl)c(C)c1CNCc1c(C)nn(-c2ccccc2)c1C. The van der Waals surface area contributed by atoms with Gasteiger partial charge in [0.2, 0.25) is 0 Å². The van der Waals surface area contributed by atoms with Gasteiger partial charge in [0.15, 0.2) is 0 Å². The van der Waals surface area contributed by atoms with Gasteiger partial charge in [0.1, 0.15) is 0 Å². The number of aryl methyl sites for hydroxylation is 2. The first-order chi connectivity index (χ1) is 15.0. The summed E-state index contributed by atoms with van der Waals surface area (Å²) in [4.78, 5) is 0. The van der Waals surface area contributed by atoms with Crippen LogP contribution >= 0.6 is 11.6 Å². The van der Waals surface area contributed by atoms with Crippen LogP contribution in [0.4, 0.5) is 0 Å². The summed E-state index contributed by atoms with van der Waals surface area (Å²) in [6.07, 6.45) is 0. The molecule has 5 nitrogen and oxygen atoms in total. The van der Waals surface area contributed by atoms with E-state index in [1.165, 1.54) is 22.5 Å². The van der Waals surface area contributed by atoms with E-state index < -0.39 is 0 Å². The predicted octanol–water partition coefficient (Wildman–Crippen LogP) is 5.29. The zero-order valence-electron chi connectivity index (χ0n) is 18.5. The molecule has 1 N–H and O–H groups in total. The topological polar surface area (TPSA) is 47.7 Å². The van der Waals surface area contributed by atoms with Crippen LogP contribution in [0.2, 0.25) is 5.02 Å². The van der Waals surface area contributed by atoms with Gasteiger partial charge >= 0.3 is 0 Å². The van der Waals surface area contributed by atoms with Crippen molar-refractivity contribution in [1.82, 2.24) is 24.9 Å². The fourth-order valence-corrected chi connectivity index (χ4v) is 4.19. The number of aromatic nitrogens is 4. The Balaban J connectivity index is 1.47. The van der Waals surface area contributed by atoms with Crippen LogP contribution in [0.15, 0.2) is 54.6 Å². The van der Waals surface area contributed by atoms with E-state index in [-0.39, 0.29) is 0 Å². The number of hydrogen-bond acceptors (Lipinski definition) is 3. The Morgan fingerprint density at radius 3 is 2.10 bits per heavy atom. The van der Waals surface area contributed by atoms with E-state index in [0.717, 1.165) is 40.8 Å². The lowest BCUT2D eigenvalue weighted by molar-refractivity contribution is 0.652. The lowest BCUT2D eigenvalue weighted by Crippen LogP contribution is -2.15. The normalized spacial score (nSPS) is 11.3. The van der Waals surface area contributed by atoms with Crippen molar-refractivity contribution in [1.29, 1.82) is 0 Å². The van der Waals surface area contributed by atoms with Gasteiger partial charge in [-0.05, 0) is 51.5 Å². The minimum Gasteiger partial charge on any atom is -0.308 e. The molecule has 6 heteroatoms. The highest BCUT2D eigenvalue weighted by Crippen LogP contribution is 2.21. The summed E-state index contributed by atoms with van der Waals surface area (Å²) in [6.45, 7) is 10.6. The lowest BCUT2D eigenvalue weighted by Gasteiger charge is -2.09. The van der Waals surface area contributed by atoms with Gasteiger partial charge in [0, 0.05) is 40.6 Å². The first kappa shape index (κ1) is 21.3. The molecule has 2 aromatic carbocycles.